The van der Waals surface area contributed by atoms with Crippen LogP contribution in [0.2, 0.25) is 0 Å². The summed E-state index contributed by atoms with van der Waals surface area (Å²) in [6, 6.07) is 0. The van der Waals surface area contributed by atoms with Crippen LogP contribution in [0.3, 0.4) is 0 Å². The van der Waals surface area contributed by atoms with Gasteiger partial charge >= 0.3 is 0 Å². The largest absolute Gasteiger partial charge is 0.342 e. The second-order valence-electron chi connectivity index (χ2n) is 3.31. The number of nitrogens with zero attached hydrogens (tertiary/aromatic N) is 3. The lowest BCUT2D eigenvalue weighted by atomic mass is 10.2. The summed E-state index contributed by atoms with van der Waals surface area (Å²) in [5.74, 6) is 1.04. The Bertz CT molecular complexity index is 252. The van der Waals surface area contributed by atoms with Gasteiger partial charge in [0, 0.05) is 26.2 Å². The van der Waals surface area contributed by atoms with Crippen molar-refractivity contribution in [1.82, 2.24) is 9.80 Å². The summed E-state index contributed by atoms with van der Waals surface area (Å²) in [7, 11) is 0. The van der Waals surface area contributed by atoms with E-state index >= 15 is 0 Å². The van der Waals surface area contributed by atoms with Gasteiger partial charge in [0.25, 0.3) is 0 Å². The van der Waals surface area contributed by atoms with Gasteiger partial charge < -0.3 is 4.90 Å². The summed E-state index contributed by atoms with van der Waals surface area (Å²) >= 11 is 9.27. The van der Waals surface area contributed by atoms with E-state index in [1.807, 2.05) is 4.90 Å². The molecule has 0 atom stereocenters. The first-order valence-corrected chi connectivity index (χ1v) is 5.44. The molecule has 0 unspecified atom stereocenters. The van der Waals surface area contributed by atoms with E-state index in [4.69, 9.17) is 12.2 Å². The van der Waals surface area contributed by atoms with Gasteiger partial charge in [0.1, 0.15) is 4.32 Å². The summed E-state index contributed by atoms with van der Waals surface area (Å²) in [5.41, 5.74) is 0. The Labute approximate surface area is 89.2 Å². The molecule has 13 heavy (non-hydrogen) atoms. The van der Waals surface area contributed by atoms with Crippen LogP contribution >= 0.6 is 24.8 Å². The first kappa shape index (κ1) is 9.27. The van der Waals surface area contributed by atoms with Crippen LogP contribution < -0.4 is 0 Å². The summed E-state index contributed by atoms with van der Waals surface area (Å²) < 4.78 is 0.644. The van der Waals surface area contributed by atoms with E-state index in [9.17, 15) is 0 Å². The Kier molecular flexibility index (Phi) is 2.74. The number of thiocarbonyl (C=S) groups is 1. The molecule has 0 bridgehead atoms. The van der Waals surface area contributed by atoms with Crippen molar-refractivity contribution < 1.29 is 0 Å². The highest BCUT2D eigenvalue weighted by Crippen LogP contribution is 2.15. The number of hydrogen-bond donors (Lipinski definition) is 1. The highest BCUT2D eigenvalue weighted by atomic mass is 32.1. The zero-order valence-corrected chi connectivity index (χ0v) is 9.15. The maximum atomic E-state index is 5.07. The normalized spacial score (nSPS) is 22.4. The van der Waals surface area contributed by atoms with E-state index in [0.29, 0.717) is 4.32 Å². The van der Waals surface area contributed by atoms with Crippen LogP contribution in [0, 0.1) is 0 Å². The molecule has 0 spiro atoms. The van der Waals surface area contributed by atoms with Crippen LogP contribution in [0.4, 0.5) is 0 Å². The third-order valence-corrected chi connectivity index (χ3v) is 2.87. The number of guanidine groups is 1. The van der Waals surface area contributed by atoms with Crippen molar-refractivity contribution in [1.29, 1.82) is 0 Å². The van der Waals surface area contributed by atoms with Crippen molar-refractivity contribution >= 4 is 35.1 Å². The fourth-order valence-corrected chi connectivity index (χ4v) is 2.17. The van der Waals surface area contributed by atoms with E-state index in [1.54, 1.807) is 0 Å². The maximum Gasteiger partial charge on any atom is 0.202 e. The summed E-state index contributed by atoms with van der Waals surface area (Å²) in [4.78, 5) is 8.82. The zero-order chi connectivity index (χ0) is 9.26. The molecular formula is C8H13N3S2. The third-order valence-electron chi connectivity index (χ3n) is 2.40. The monoisotopic (exact) mass is 215 g/mol. The fraction of sp³-hybridized carbons (Fsp3) is 0.750. The standard InChI is InChI=1S/C8H13N3S2/c12-8(13)11-6-2-5-10-4-1-3-9-7(10)11/h1-6H2,(H,12,13). The van der Waals surface area contributed by atoms with E-state index in [2.05, 4.69) is 22.5 Å². The Balaban J connectivity index is 2.19. The minimum absolute atomic E-state index is 0.644. The lowest BCUT2D eigenvalue weighted by Gasteiger charge is -2.40. The van der Waals surface area contributed by atoms with Gasteiger partial charge in [-0.1, -0.05) is 12.2 Å². The topological polar surface area (TPSA) is 18.8 Å². The zero-order valence-electron chi connectivity index (χ0n) is 7.44. The second kappa shape index (κ2) is 3.84. The van der Waals surface area contributed by atoms with Crippen LogP contribution in [0.25, 0.3) is 0 Å². The molecule has 0 N–H and O–H groups in total. The molecule has 0 amide bonds. The first-order chi connectivity index (χ1) is 6.29. The van der Waals surface area contributed by atoms with E-state index < -0.39 is 0 Å². The highest BCUT2D eigenvalue weighted by molar-refractivity contribution is 8.11. The Morgan fingerprint density at radius 1 is 1.31 bits per heavy atom. The van der Waals surface area contributed by atoms with Crippen molar-refractivity contribution in [3.05, 3.63) is 0 Å². The van der Waals surface area contributed by atoms with Crippen LogP contribution in [0.5, 0.6) is 0 Å². The number of fused-ring (bicyclic) bond motifs is 1. The second-order valence-corrected chi connectivity index (χ2v) is 4.42. The molecular weight excluding hydrogens is 202 g/mol. The Morgan fingerprint density at radius 3 is 2.85 bits per heavy atom. The van der Waals surface area contributed by atoms with Gasteiger partial charge in [-0.05, 0) is 12.8 Å². The molecule has 0 radical (unpaired) electrons. The van der Waals surface area contributed by atoms with Crippen molar-refractivity contribution in [3.8, 4) is 0 Å². The fourth-order valence-electron chi connectivity index (χ4n) is 1.81. The Morgan fingerprint density at radius 2 is 2.08 bits per heavy atom. The van der Waals surface area contributed by atoms with E-state index in [-0.39, 0.29) is 0 Å². The van der Waals surface area contributed by atoms with Crippen LogP contribution in [-0.4, -0.2) is 46.3 Å². The maximum absolute atomic E-state index is 5.07. The van der Waals surface area contributed by atoms with Gasteiger partial charge in [0.05, 0.1) is 0 Å². The van der Waals surface area contributed by atoms with Crippen molar-refractivity contribution in [3.63, 3.8) is 0 Å². The Hall–Kier alpha value is -0.290. The summed E-state index contributed by atoms with van der Waals surface area (Å²) in [6.07, 6.45) is 2.32. The minimum Gasteiger partial charge on any atom is -0.342 e. The summed E-state index contributed by atoms with van der Waals surface area (Å²) in [5, 5.41) is 0. The molecule has 1 saturated heterocycles. The summed E-state index contributed by atoms with van der Waals surface area (Å²) in [6.45, 7) is 4.13. The molecule has 0 aromatic heterocycles. The van der Waals surface area contributed by atoms with Gasteiger partial charge in [0.15, 0.2) is 0 Å². The predicted molar refractivity (Wildman–Crippen MR) is 61.4 cm³/mol. The van der Waals surface area contributed by atoms with Crippen LogP contribution in [0.1, 0.15) is 12.8 Å². The molecule has 72 valence electrons. The molecule has 0 aromatic carbocycles. The molecule has 0 aliphatic carbocycles. The number of rotatable bonds is 0. The van der Waals surface area contributed by atoms with Gasteiger partial charge in [-0.2, -0.15) is 0 Å². The third kappa shape index (κ3) is 1.81. The predicted octanol–water partition coefficient (Wildman–Crippen LogP) is 0.969. The van der Waals surface area contributed by atoms with E-state index in [1.165, 1.54) is 0 Å². The quantitative estimate of drug-likeness (QED) is 0.480. The van der Waals surface area contributed by atoms with Crippen molar-refractivity contribution in [2.75, 3.05) is 26.2 Å². The number of aliphatic imine (C=N–C) groups is 1. The lowest BCUT2D eigenvalue weighted by molar-refractivity contribution is 0.299. The smallest absolute Gasteiger partial charge is 0.202 e. The molecule has 0 aromatic rings. The SMILES string of the molecule is S=C(S)N1CCCN2CCCN=C21. The first-order valence-electron chi connectivity index (χ1n) is 4.59. The average Bonchev–Trinajstić information content (AvgIpc) is 2.17. The van der Waals surface area contributed by atoms with Crippen LogP contribution in [-0.2, 0) is 0 Å². The van der Waals surface area contributed by atoms with Crippen molar-refractivity contribution in [2.24, 2.45) is 4.99 Å². The molecule has 2 aliphatic heterocycles. The highest BCUT2D eigenvalue weighted by Gasteiger charge is 2.26. The van der Waals surface area contributed by atoms with Gasteiger partial charge in [-0.15, -0.1) is 12.6 Å². The number of thiol groups is 1. The number of hydrogen-bond acceptors (Lipinski definition) is 3. The van der Waals surface area contributed by atoms with Crippen LogP contribution in [0.15, 0.2) is 4.99 Å². The molecule has 5 heteroatoms. The molecule has 0 saturated carbocycles. The average molecular weight is 215 g/mol. The molecule has 2 rings (SSSR count). The van der Waals surface area contributed by atoms with Crippen molar-refractivity contribution in [2.45, 2.75) is 12.8 Å². The lowest BCUT2D eigenvalue weighted by Crippen LogP contribution is -2.53. The minimum atomic E-state index is 0.644. The molecule has 3 nitrogen and oxygen atoms in total. The van der Waals surface area contributed by atoms with Gasteiger partial charge in [-0.25, -0.2) is 0 Å². The molecule has 2 aliphatic rings. The van der Waals surface area contributed by atoms with Gasteiger partial charge in [0.2, 0.25) is 5.96 Å². The molecule has 2 heterocycles. The molecule has 1 fully saturated rings. The van der Waals surface area contributed by atoms with E-state index in [0.717, 1.165) is 45.0 Å². The van der Waals surface area contributed by atoms with Gasteiger partial charge in [-0.3, -0.25) is 9.89 Å².